The molecule has 0 saturated carbocycles. The largest absolute Gasteiger partial charge is 0.332 e. The van der Waals surface area contributed by atoms with E-state index in [2.05, 4.69) is 0 Å². The molecule has 1 amide bonds. The van der Waals surface area contributed by atoms with Crippen molar-refractivity contribution in [1.29, 1.82) is 0 Å². The van der Waals surface area contributed by atoms with Crippen LogP contribution >= 0.6 is 34.5 Å². The molecule has 98 valence electrons. The van der Waals surface area contributed by atoms with E-state index >= 15 is 0 Å². The van der Waals surface area contributed by atoms with E-state index in [1.807, 2.05) is 4.90 Å². The van der Waals surface area contributed by atoms with Crippen molar-refractivity contribution in [2.24, 2.45) is 5.73 Å². The number of hydrogen-bond donors (Lipinski definition) is 1. The number of amides is 1. The van der Waals surface area contributed by atoms with Gasteiger partial charge in [0.2, 0.25) is 0 Å². The van der Waals surface area contributed by atoms with Crippen LogP contribution in [0.15, 0.2) is 6.07 Å². The van der Waals surface area contributed by atoms with E-state index in [0.717, 1.165) is 25.7 Å². The van der Waals surface area contributed by atoms with Gasteiger partial charge in [0.1, 0.15) is 4.34 Å². The Labute approximate surface area is 120 Å². The van der Waals surface area contributed by atoms with Crippen LogP contribution in [0.5, 0.6) is 0 Å². The molecule has 0 aliphatic carbocycles. The smallest absolute Gasteiger partial charge is 0.256 e. The third-order valence-electron chi connectivity index (χ3n) is 3.89. The number of nitrogens with zero attached hydrogens (tertiary/aromatic N) is 1. The summed E-state index contributed by atoms with van der Waals surface area (Å²) < 4.78 is 1.05. The molecule has 6 heteroatoms. The van der Waals surface area contributed by atoms with Crippen molar-refractivity contribution in [1.82, 2.24) is 4.90 Å². The van der Waals surface area contributed by atoms with Crippen LogP contribution in [-0.2, 0) is 0 Å². The van der Waals surface area contributed by atoms with Crippen LogP contribution in [0.1, 0.15) is 36.0 Å². The first-order valence-corrected chi connectivity index (χ1v) is 7.66. The summed E-state index contributed by atoms with van der Waals surface area (Å²) in [7, 11) is 0. The van der Waals surface area contributed by atoms with E-state index in [0.29, 0.717) is 14.2 Å². The number of fused-ring (bicyclic) bond motifs is 2. The first-order valence-electron chi connectivity index (χ1n) is 6.09. The van der Waals surface area contributed by atoms with Crippen LogP contribution in [0.3, 0.4) is 0 Å². The summed E-state index contributed by atoms with van der Waals surface area (Å²) in [5, 5.41) is 0. The highest BCUT2D eigenvalue weighted by atomic mass is 35.5. The van der Waals surface area contributed by atoms with Crippen molar-refractivity contribution >= 4 is 40.4 Å². The number of nitrogens with two attached hydrogens (primary N) is 1. The number of thiophene rings is 1. The molecule has 2 saturated heterocycles. The van der Waals surface area contributed by atoms with E-state index in [1.165, 1.54) is 11.3 Å². The van der Waals surface area contributed by atoms with Gasteiger partial charge in [0.25, 0.3) is 5.91 Å². The number of halogens is 2. The maximum Gasteiger partial charge on any atom is 0.256 e. The first kappa shape index (κ1) is 12.7. The molecule has 1 aromatic rings. The number of hydrogen-bond acceptors (Lipinski definition) is 3. The number of carbonyl (C=O) groups is 1. The summed E-state index contributed by atoms with van der Waals surface area (Å²) in [6, 6.07) is 2.46. The first-order chi connectivity index (χ1) is 8.56. The normalized spacial score (nSPS) is 30.8. The molecule has 2 unspecified atom stereocenters. The Kier molecular flexibility index (Phi) is 3.30. The van der Waals surface area contributed by atoms with Crippen LogP contribution in [0, 0.1) is 0 Å². The van der Waals surface area contributed by atoms with Gasteiger partial charge >= 0.3 is 0 Å². The Balaban J connectivity index is 1.88. The highest BCUT2D eigenvalue weighted by Crippen LogP contribution is 2.39. The summed E-state index contributed by atoms with van der Waals surface area (Å²) in [5.41, 5.74) is 6.55. The molecular weight excluding hydrogens is 291 g/mol. The van der Waals surface area contributed by atoms with Crippen LogP contribution in [0.4, 0.5) is 0 Å². The second-order valence-corrected chi connectivity index (χ2v) is 7.35. The van der Waals surface area contributed by atoms with Gasteiger partial charge in [-0.2, -0.15) is 0 Å². The molecule has 3 heterocycles. The topological polar surface area (TPSA) is 46.3 Å². The molecular formula is C12H14Cl2N2OS. The van der Waals surface area contributed by atoms with E-state index in [4.69, 9.17) is 28.9 Å². The summed E-state index contributed by atoms with van der Waals surface area (Å²) in [6.45, 7) is 0. The lowest BCUT2D eigenvalue weighted by atomic mass is 9.97. The lowest BCUT2D eigenvalue weighted by Crippen LogP contribution is -2.50. The molecule has 2 aliphatic rings. The zero-order valence-corrected chi connectivity index (χ0v) is 12.1. The molecule has 2 aliphatic heterocycles. The summed E-state index contributed by atoms with van der Waals surface area (Å²) in [5.74, 6) is 0.0163. The molecule has 2 N–H and O–H groups in total. The predicted octanol–water partition coefficient (Wildman–Crippen LogP) is 3.15. The van der Waals surface area contributed by atoms with Gasteiger partial charge in [-0.1, -0.05) is 23.2 Å². The Hall–Kier alpha value is -0.290. The third-order valence-corrected chi connectivity index (χ3v) is 5.38. The second kappa shape index (κ2) is 4.67. The fourth-order valence-electron chi connectivity index (χ4n) is 3.18. The average molecular weight is 305 g/mol. The van der Waals surface area contributed by atoms with Crippen LogP contribution in [0.2, 0.25) is 8.67 Å². The molecule has 3 rings (SSSR count). The lowest BCUT2D eigenvalue weighted by Gasteiger charge is -2.37. The maximum atomic E-state index is 12.6. The molecule has 0 spiro atoms. The minimum Gasteiger partial charge on any atom is -0.332 e. The van der Waals surface area contributed by atoms with Crippen molar-refractivity contribution in [2.45, 2.75) is 43.8 Å². The Morgan fingerprint density at radius 3 is 2.44 bits per heavy atom. The van der Waals surface area contributed by atoms with Crippen LogP contribution < -0.4 is 5.73 Å². The Bertz CT molecular complexity index is 476. The summed E-state index contributed by atoms with van der Waals surface area (Å²) in [6.07, 6.45) is 3.91. The number of carbonyl (C=O) groups excluding carboxylic acids is 1. The SMILES string of the molecule is NC1CC2CCC(C1)N2C(=O)c1cc(Cl)sc1Cl. The highest BCUT2D eigenvalue weighted by molar-refractivity contribution is 7.20. The number of rotatable bonds is 1. The Morgan fingerprint density at radius 2 is 1.94 bits per heavy atom. The molecule has 3 nitrogen and oxygen atoms in total. The second-order valence-electron chi connectivity index (χ2n) is 5.07. The quantitative estimate of drug-likeness (QED) is 0.866. The Morgan fingerprint density at radius 1 is 1.33 bits per heavy atom. The molecule has 0 aromatic carbocycles. The zero-order chi connectivity index (χ0) is 12.9. The van der Waals surface area contributed by atoms with E-state index in [-0.39, 0.29) is 24.0 Å². The third kappa shape index (κ3) is 2.05. The van der Waals surface area contributed by atoms with E-state index in [1.54, 1.807) is 6.07 Å². The monoisotopic (exact) mass is 304 g/mol. The molecule has 2 atom stereocenters. The molecule has 18 heavy (non-hydrogen) atoms. The van der Waals surface area contributed by atoms with Gasteiger partial charge < -0.3 is 10.6 Å². The van der Waals surface area contributed by atoms with Crippen molar-refractivity contribution in [3.8, 4) is 0 Å². The zero-order valence-electron chi connectivity index (χ0n) is 9.73. The van der Waals surface area contributed by atoms with E-state index in [9.17, 15) is 4.79 Å². The van der Waals surface area contributed by atoms with Crippen molar-refractivity contribution in [3.05, 3.63) is 20.3 Å². The maximum absolute atomic E-state index is 12.6. The van der Waals surface area contributed by atoms with Gasteiger partial charge in [-0.25, -0.2) is 0 Å². The molecule has 1 aromatic heterocycles. The fraction of sp³-hybridized carbons (Fsp3) is 0.583. The lowest BCUT2D eigenvalue weighted by molar-refractivity contribution is 0.0576. The summed E-state index contributed by atoms with van der Waals surface area (Å²) >= 11 is 13.2. The molecule has 0 radical (unpaired) electrons. The van der Waals surface area contributed by atoms with Crippen LogP contribution in [-0.4, -0.2) is 28.9 Å². The van der Waals surface area contributed by atoms with Crippen LogP contribution in [0.25, 0.3) is 0 Å². The average Bonchev–Trinajstić information content (AvgIpc) is 2.76. The van der Waals surface area contributed by atoms with Crippen molar-refractivity contribution < 1.29 is 4.79 Å². The van der Waals surface area contributed by atoms with Gasteiger partial charge in [-0.15, -0.1) is 11.3 Å². The minimum absolute atomic E-state index is 0.0163. The highest BCUT2D eigenvalue weighted by Gasteiger charge is 2.43. The predicted molar refractivity (Wildman–Crippen MR) is 74.5 cm³/mol. The molecule has 2 fully saturated rings. The molecule has 2 bridgehead atoms. The fourth-order valence-corrected chi connectivity index (χ4v) is 4.62. The van der Waals surface area contributed by atoms with Crippen molar-refractivity contribution in [3.63, 3.8) is 0 Å². The van der Waals surface area contributed by atoms with Gasteiger partial charge in [0.05, 0.1) is 9.90 Å². The number of piperidine rings is 1. The van der Waals surface area contributed by atoms with Gasteiger partial charge in [0, 0.05) is 18.1 Å². The standard InChI is InChI=1S/C12H14Cl2N2OS/c13-10-5-9(11(14)18-10)12(17)16-7-1-2-8(16)4-6(15)3-7/h5-8H,1-4,15H2. The van der Waals surface area contributed by atoms with Gasteiger partial charge in [-0.05, 0) is 31.7 Å². The summed E-state index contributed by atoms with van der Waals surface area (Å²) in [4.78, 5) is 14.5. The van der Waals surface area contributed by atoms with Crippen molar-refractivity contribution in [2.75, 3.05) is 0 Å². The minimum atomic E-state index is 0.0163. The van der Waals surface area contributed by atoms with Gasteiger partial charge in [-0.3, -0.25) is 4.79 Å². The van der Waals surface area contributed by atoms with Gasteiger partial charge in [0.15, 0.2) is 0 Å². The van der Waals surface area contributed by atoms with E-state index < -0.39 is 0 Å².